The van der Waals surface area contributed by atoms with E-state index in [-0.39, 0.29) is 0 Å². The maximum Gasteiger partial charge on any atom is 0.0320 e. The standard InChI is InChI=1S/C15H24BrN/c1-5-7-8-14(17-6-2)13-9-11(3)15(16)12(4)10-13/h9-10,14,17H,5-8H2,1-4H3. The van der Waals surface area contributed by atoms with Crippen LogP contribution in [-0.4, -0.2) is 6.54 Å². The minimum Gasteiger partial charge on any atom is -0.310 e. The quantitative estimate of drug-likeness (QED) is 0.787. The largest absolute Gasteiger partial charge is 0.310 e. The summed E-state index contributed by atoms with van der Waals surface area (Å²) in [5, 5.41) is 3.59. The Hall–Kier alpha value is -0.340. The average Bonchev–Trinajstić information content (AvgIpc) is 2.31. The fraction of sp³-hybridized carbons (Fsp3) is 0.600. The van der Waals surface area contributed by atoms with Crippen molar-refractivity contribution in [3.8, 4) is 0 Å². The van der Waals surface area contributed by atoms with Gasteiger partial charge in [-0.2, -0.15) is 0 Å². The van der Waals surface area contributed by atoms with Crippen LogP contribution in [0.4, 0.5) is 0 Å². The molecule has 0 aliphatic carbocycles. The molecule has 0 fully saturated rings. The third-order valence-electron chi connectivity index (χ3n) is 3.16. The van der Waals surface area contributed by atoms with E-state index in [1.54, 1.807) is 0 Å². The summed E-state index contributed by atoms with van der Waals surface area (Å²) >= 11 is 3.63. The Morgan fingerprint density at radius 1 is 1.18 bits per heavy atom. The summed E-state index contributed by atoms with van der Waals surface area (Å²) < 4.78 is 1.24. The molecule has 0 saturated carbocycles. The molecule has 1 aromatic carbocycles. The average molecular weight is 298 g/mol. The molecule has 1 N–H and O–H groups in total. The predicted molar refractivity (Wildman–Crippen MR) is 79.6 cm³/mol. The molecule has 0 amide bonds. The summed E-state index contributed by atoms with van der Waals surface area (Å²) in [4.78, 5) is 0. The molecule has 1 rings (SSSR count). The number of hydrogen-bond donors (Lipinski definition) is 1. The van der Waals surface area contributed by atoms with E-state index < -0.39 is 0 Å². The van der Waals surface area contributed by atoms with E-state index in [0.29, 0.717) is 6.04 Å². The molecule has 0 spiro atoms. The van der Waals surface area contributed by atoms with Gasteiger partial charge in [-0.3, -0.25) is 0 Å². The minimum absolute atomic E-state index is 0.505. The fourth-order valence-electron chi connectivity index (χ4n) is 2.22. The Morgan fingerprint density at radius 3 is 2.24 bits per heavy atom. The summed E-state index contributed by atoms with van der Waals surface area (Å²) in [6.45, 7) is 9.80. The van der Waals surface area contributed by atoms with Crippen molar-refractivity contribution in [1.29, 1.82) is 0 Å². The van der Waals surface area contributed by atoms with Crippen LogP contribution in [-0.2, 0) is 0 Å². The summed E-state index contributed by atoms with van der Waals surface area (Å²) in [5.74, 6) is 0. The summed E-state index contributed by atoms with van der Waals surface area (Å²) in [7, 11) is 0. The molecular formula is C15H24BrN. The van der Waals surface area contributed by atoms with Gasteiger partial charge in [-0.15, -0.1) is 0 Å². The SMILES string of the molecule is CCCCC(NCC)c1cc(C)c(Br)c(C)c1. The highest BCUT2D eigenvalue weighted by molar-refractivity contribution is 9.10. The van der Waals surface area contributed by atoms with Gasteiger partial charge in [0.05, 0.1) is 0 Å². The molecule has 96 valence electrons. The van der Waals surface area contributed by atoms with Crippen LogP contribution in [0, 0.1) is 13.8 Å². The molecular weight excluding hydrogens is 274 g/mol. The smallest absolute Gasteiger partial charge is 0.0320 e. The lowest BCUT2D eigenvalue weighted by atomic mass is 9.97. The first-order valence-corrected chi connectivity index (χ1v) is 7.39. The van der Waals surface area contributed by atoms with Crippen molar-refractivity contribution in [1.82, 2.24) is 5.32 Å². The third-order valence-corrected chi connectivity index (χ3v) is 4.41. The Balaban J connectivity index is 2.93. The molecule has 0 saturated heterocycles. The van der Waals surface area contributed by atoms with Gasteiger partial charge < -0.3 is 5.32 Å². The number of nitrogens with one attached hydrogen (secondary N) is 1. The highest BCUT2D eigenvalue weighted by atomic mass is 79.9. The van der Waals surface area contributed by atoms with E-state index in [0.717, 1.165) is 6.54 Å². The van der Waals surface area contributed by atoms with Gasteiger partial charge in [-0.25, -0.2) is 0 Å². The minimum atomic E-state index is 0.505. The zero-order valence-electron chi connectivity index (χ0n) is 11.4. The fourth-order valence-corrected chi connectivity index (χ4v) is 2.45. The highest BCUT2D eigenvalue weighted by Crippen LogP contribution is 2.27. The molecule has 0 aliphatic heterocycles. The van der Waals surface area contributed by atoms with Crippen LogP contribution in [0.5, 0.6) is 0 Å². The van der Waals surface area contributed by atoms with Crippen molar-refractivity contribution in [2.45, 2.75) is 53.0 Å². The van der Waals surface area contributed by atoms with Gasteiger partial charge in [0, 0.05) is 10.5 Å². The Morgan fingerprint density at radius 2 is 1.76 bits per heavy atom. The van der Waals surface area contributed by atoms with E-state index >= 15 is 0 Å². The van der Waals surface area contributed by atoms with Gasteiger partial charge in [-0.05, 0) is 43.5 Å². The van der Waals surface area contributed by atoms with Crippen LogP contribution in [0.2, 0.25) is 0 Å². The van der Waals surface area contributed by atoms with E-state index in [9.17, 15) is 0 Å². The van der Waals surface area contributed by atoms with Gasteiger partial charge >= 0.3 is 0 Å². The second-order valence-electron chi connectivity index (χ2n) is 4.72. The molecule has 1 aromatic rings. The number of unbranched alkanes of at least 4 members (excludes halogenated alkanes) is 1. The molecule has 17 heavy (non-hydrogen) atoms. The zero-order valence-corrected chi connectivity index (χ0v) is 13.0. The van der Waals surface area contributed by atoms with Crippen molar-refractivity contribution in [3.05, 3.63) is 33.3 Å². The first kappa shape index (κ1) is 14.7. The molecule has 1 atom stereocenters. The van der Waals surface area contributed by atoms with E-state index in [4.69, 9.17) is 0 Å². The van der Waals surface area contributed by atoms with Crippen LogP contribution in [0.3, 0.4) is 0 Å². The van der Waals surface area contributed by atoms with Crippen molar-refractivity contribution in [3.63, 3.8) is 0 Å². The van der Waals surface area contributed by atoms with E-state index in [1.807, 2.05) is 0 Å². The Labute approximate surface area is 114 Å². The number of aryl methyl sites for hydroxylation is 2. The van der Waals surface area contributed by atoms with Crippen LogP contribution in [0.25, 0.3) is 0 Å². The molecule has 0 bridgehead atoms. The van der Waals surface area contributed by atoms with Crippen LogP contribution < -0.4 is 5.32 Å². The molecule has 2 heteroatoms. The van der Waals surface area contributed by atoms with Gasteiger partial charge in [0.1, 0.15) is 0 Å². The normalized spacial score (nSPS) is 12.8. The van der Waals surface area contributed by atoms with Crippen LogP contribution in [0.15, 0.2) is 16.6 Å². The first-order valence-electron chi connectivity index (χ1n) is 6.60. The van der Waals surface area contributed by atoms with E-state index in [2.05, 4.69) is 61.1 Å². The molecule has 1 unspecified atom stereocenters. The molecule has 0 aromatic heterocycles. The first-order chi connectivity index (χ1) is 8.10. The van der Waals surface area contributed by atoms with Crippen molar-refractivity contribution in [2.24, 2.45) is 0 Å². The lowest BCUT2D eigenvalue weighted by Gasteiger charge is -2.20. The molecule has 0 aliphatic rings. The highest BCUT2D eigenvalue weighted by Gasteiger charge is 2.12. The third kappa shape index (κ3) is 4.11. The van der Waals surface area contributed by atoms with Crippen molar-refractivity contribution in [2.75, 3.05) is 6.54 Å². The summed E-state index contributed by atoms with van der Waals surface area (Å²) in [5.41, 5.74) is 4.09. The van der Waals surface area contributed by atoms with Crippen molar-refractivity contribution >= 4 is 15.9 Å². The van der Waals surface area contributed by atoms with Gasteiger partial charge in [0.2, 0.25) is 0 Å². The maximum absolute atomic E-state index is 3.63. The topological polar surface area (TPSA) is 12.0 Å². The lowest BCUT2D eigenvalue weighted by molar-refractivity contribution is 0.494. The Kier molecular flexibility index (Phi) is 6.21. The molecule has 1 nitrogen and oxygen atoms in total. The summed E-state index contributed by atoms with van der Waals surface area (Å²) in [6, 6.07) is 5.12. The second kappa shape index (κ2) is 7.17. The number of hydrogen-bond acceptors (Lipinski definition) is 1. The second-order valence-corrected chi connectivity index (χ2v) is 5.51. The number of halogens is 1. The van der Waals surface area contributed by atoms with Gasteiger partial charge in [0.15, 0.2) is 0 Å². The maximum atomic E-state index is 3.63. The van der Waals surface area contributed by atoms with Crippen molar-refractivity contribution < 1.29 is 0 Å². The summed E-state index contributed by atoms with van der Waals surface area (Å²) in [6.07, 6.45) is 3.77. The zero-order chi connectivity index (χ0) is 12.8. The Bertz CT molecular complexity index is 337. The predicted octanol–water partition coefficient (Wildman–Crippen LogP) is 4.91. The lowest BCUT2D eigenvalue weighted by Crippen LogP contribution is -2.21. The number of benzene rings is 1. The van der Waals surface area contributed by atoms with Gasteiger partial charge in [-0.1, -0.05) is 54.8 Å². The van der Waals surface area contributed by atoms with Crippen LogP contribution >= 0.6 is 15.9 Å². The van der Waals surface area contributed by atoms with E-state index in [1.165, 1.54) is 40.4 Å². The van der Waals surface area contributed by atoms with Crippen LogP contribution in [0.1, 0.15) is 55.8 Å². The number of rotatable bonds is 6. The molecule has 0 heterocycles. The monoisotopic (exact) mass is 297 g/mol. The van der Waals surface area contributed by atoms with Gasteiger partial charge in [0.25, 0.3) is 0 Å². The molecule has 0 radical (unpaired) electrons.